The highest BCUT2D eigenvalue weighted by Crippen LogP contribution is 2.50. The molecule has 0 fully saturated rings. The number of hydrogen-bond donors (Lipinski definition) is 0. The smallest absolute Gasteiger partial charge is 0.409 e. The predicted molar refractivity (Wildman–Crippen MR) is 56.9 cm³/mol. The van der Waals surface area contributed by atoms with Crippen LogP contribution in [0.15, 0.2) is 25.3 Å². The van der Waals surface area contributed by atoms with Gasteiger partial charge in [0.1, 0.15) is 13.2 Å². The number of hydrogen-bond acceptors (Lipinski definition) is 4. The lowest BCUT2D eigenvalue weighted by atomic mass is 9.88. The highest BCUT2D eigenvalue weighted by molar-refractivity contribution is 5.81. The Morgan fingerprint density at radius 3 is 1.29 bits per heavy atom. The van der Waals surface area contributed by atoms with Gasteiger partial charge in [-0.15, -0.1) is 0 Å². The van der Waals surface area contributed by atoms with Crippen LogP contribution in [0.4, 0.5) is 26.3 Å². The summed E-state index contributed by atoms with van der Waals surface area (Å²) in [5.41, 5.74) is -4.54. The summed E-state index contributed by atoms with van der Waals surface area (Å²) in [4.78, 5) is 21.4. The van der Waals surface area contributed by atoms with Gasteiger partial charge in [-0.1, -0.05) is 13.2 Å². The molecule has 0 spiro atoms. The lowest BCUT2D eigenvalue weighted by molar-refractivity contribution is -0.357. The van der Waals surface area contributed by atoms with E-state index in [1.165, 1.54) is 0 Å². The fourth-order valence-corrected chi connectivity index (χ4v) is 1.04. The Balaban J connectivity index is 5.54. The van der Waals surface area contributed by atoms with Crippen molar-refractivity contribution < 1.29 is 45.4 Å². The van der Waals surface area contributed by atoms with Gasteiger partial charge in [0.25, 0.3) is 0 Å². The molecule has 0 aliphatic carbocycles. The molecule has 0 heterocycles. The topological polar surface area (TPSA) is 52.6 Å². The minimum Gasteiger partial charge on any atom is -0.461 e. The van der Waals surface area contributed by atoms with Crippen molar-refractivity contribution in [3.8, 4) is 0 Å². The van der Waals surface area contributed by atoms with Crippen LogP contribution < -0.4 is 0 Å². The van der Waals surface area contributed by atoms with Gasteiger partial charge in [0, 0.05) is 12.2 Å². The Morgan fingerprint density at radius 2 is 1.10 bits per heavy atom. The Labute approximate surface area is 115 Å². The molecule has 0 aliphatic rings. The second-order valence-corrected chi connectivity index (χ2v) is 3.70. The first-order valence-electron chi connectivity index (χ1n) is 5.13. The van der Waals surface area contributed by atoms with Crippen molar-refractivity contribution in [3.63, 3.8) is 0 Å². The van der Waals surface area contributed by atoms with E-state index in [0.29, 0.717) is 12.2 Å². The number of alkyl halides is 6. The van der Waals surface area contributed by atoms with Gasteiger partial charge in [0.2, 0.25) is 5.41 Å². The summed E-state index contributed by atoms with van der Waals surface area (Å²) in [6.45, 7) is 1.47. The van der Waals surface area contributed by atoms with Gasteiger partial charge >= 0.3 is 24.3 Å². The van der Waals surface area contributed by atoms with Gasteiger partial charge in [0.15, 0.2) is 0 Å². The first-order valence-corrected chi connectivity index (χ1v) is 5.13. The zero-order chi connectivity index (χ0) is 16.9. The van der Waals surface area contributed by atoms with Gasteiger partial charge in [-0.25, -0.2) is 9.59 Å². The summed E-state index contributed by atoms with van der Waals surface area (Å²) in [7, 11) is 0. The van der Waals surface area contributed by atoms with Crippen LogP contribution in [-0.4, -0.2) is 37.5 Å². The van der Waals surface area contributed by atoms with Crippen molar-refractivity contribution in [1.29, 1.82) is 0 Å². The zero-order valence-corrected chi connectivity index (χ0v) is 10.4. The third-order valence-corrected chi connectivity index (χ3v) is 2.34. The van der Waals surface area contributed by atoms with Crippen LogP contribution in [-0.2, 0) is 19.1 Å². The zero-order valence-electron chi connectivity index (χ0n) is 10.4. The lowest BCUT2D eigenvalue weighted by Crippen LogP contribution is -2.56. The van der Waals surface area contributed by atoms with Crippen LogP contribution in [0.3, 0.4) is 0 Å². The molecular formula is C11H10F6O4. The molecule has 0 aromatic rings. The average Bonchev–Trinajstić information content (AvgIpc) is 2.34. The monoisotopic (exact) mass is 320 g/mol. The molecule has 0 radical (unpaired) electrons. The molecule has 0 atom stereocenters. The van der Waals surface area contributed by atoms with Gasteiger partial charge in [-0.3, -0.25) is 0 Å². The van der Waals surface area contributed by atoms with Gasteiger partial charge in [0.05, 0.1) is 0 Å². The molecule has 0 aliphatic heterocycles. The summed E-state index contributed by atoms with van der Waals surface area (Å²) in [6.07, 6.45) is -11.0. The van der Waals surface area contributed by atoms with Crippen LogP contribution in [0.25, 0.3) is 0 Å². The number of carbonyl (C=O) groups is 2. The number of halogens is 6. The predicted octanol–water partition coefficient (Wildman–Crippen LogP) is 2.56. The molecule has 0 saturated carbocycles. The fraction of sp³-hybridized carbons (Fsp3) is 0.455. The summed E-state index contributed by atoms with van der Waals surface area (Å²) in [6, 6.07) is 0. The molecule has 0 aromatic carbocycles. The molecule has 120 valence electrons. The molecule has 0 aromatic heterocycles. The number of rotatable bonds is 6. The van der Waals surface area contributed by atoms with E-state index in [0.717, 1.165) is 0 Å². The second kappa shape index (κ2) is 6.64. The first kappa shape index (κ1) is 19.0. The van der Waals surface area contributed by atoms with Crippen molar-refractivity contribution in [2.75, 3.05) is 13.2 Å². The van der Waals surface area contributed by atoms with E-state index >= 15 is 0 Å². The highest BCUT2D eigenvalue weighted by atomic mass is 19.4. The molecule has 0 N–H and O–H groups in total. The van der Waals surface area contributed by atoms with Crippen LogP contribution in [0.5, 0.6) is 0 Å². The summed E-state index contributed by atoms with van der Waals surface area (Å²) >= 11 is 0. The van der Waals surface area contributed by atoms with Crippen LogP contribution in [0.2, 0.25) is 0 Å². The fourth-order valence-electron chi connectivity index (χ4n) is 1.04. The Hall–Kier alpha value is -2.00. The second-order valence-electron chi connectivity index (χ2n) is 3.70. The average molecular weight is 320 g/mol. The first-order chi connectivity index (χ1) is 9.41. The van der Waals surface area contributed by atoms with Crippen molar-refractivity contribution >= 4 is 11.9 Å². The van der Waals surface area contributed by atoms with E-state index in [1.54, 1.807) is 0 Å². The molecule has 0 rings (SSSR count). The number of esters is 2. The normalized spacial score (nSPS) is 12.5. The minimum absolute atomic E-state index is 0.396. The Kier molecular flexibility index (Phi) is 6.00. The highest BCUT2D eigenvalue weighted by Gasteiger charge is 2.72. The van der Waals surface area contributed by atoms with Crippen molar-refractivity contribution in [3.05, 3.63) is 25.3 Å². The van der Waals surface area contributed by atoms with Gasteiger partial charge in [-0.2, -0.15) is 26.3 Å². The van der Waals surface area contributed by atoms with Gasteiger partial charge in [-0.05, 0) is 0 Å². The van der Waals surface area contributed by atoms with Crippen LogP contribution in [0.1, 0.15) is 0 Å². The quantitative estimate of drug-likeness (QED) is 0.429. The molecule has 0 saturated heterocycles. The van der Waals surface area contributed by atoms with E-state index in [4.69, 9.17) is 0 Å². The maximum atomic E-state index is 12.8. The number of ether oxygens (including phenoxy) is 2. The van der Waals surface area contributed by atoms with Gasteiger partial charge < -0.3 is 9.47 Å². The molecule has 0 bridgehead atoms. The molecule has 0 unspecified atom stereocenters. The third-order valence-electron chi connectivity index (χ3n) is 2.34. The van der Waals surface area contributed by atoms with E-state index in [1.807, 2.05) is 0 Å². The maximum absolute atomic E-state index is 12.8. The summed E-state index contributed by atoms with van der Waals surface area (Å²) in [5, 5.41) is 0. The molecular weight excluding hydrogens is 310 g/mol. The molecule has 0 amide bonds. The standard InChI is InChI=1S/C11H10F6O4/c1-3-7(18)20-5-9(10(12,13)14,11(15,16)17)6-21-8(19)4-2/h3-4H,1-2,5-6H2. The molecule has 4 nitrogen and oxygen atoms in total. The summed E-state index contributed by atoms with van der Waals surface area (Å²) in [5.74, 6) is -2.97. The van der Waals surface area contributed by atoms with E-state index in [-0.39, 0.29) is 0 Å². The van der Waals surface area contributed by atoms with Crippen LogP contribution in [0, 0.1) is 5.41 Å². The molecule has 10 heteroatoms. The van der Waals surface area contributed by atoms with Crippen molar-refractivity contribution in [1.82, 2.24) is 0 Å². The Bertz CT molecular complexity index is 383. The van der Waals surface area contributed by atoms with Crippen LogP contribution >= 0.6 is 0 Å². The largest absolute Gasteiger partial charge is 0.461 e. The summed E-state index contributed by atoms with van der Waals surface area (Å²) < 4.78 is 84.7. The van der Waals surface area contributed by atoms with E-state index < -0.39 is 42.9 Å². The minimum atomic E-state index is -5.88. The Morgan fingerprint density at radius 1 is 0.810 bits per heavy atom. The lowest BCUT2D eigenvalue weighted by Gasteiger charge is -2.35. The number of carbonyl (C=O) groups excluding carboxylic acids is 2. The van der Waals surface area contributed by atoms with E-state index in [9.17, 15) is 35.9 Å². The third kappa shape index (κ3) is 4.50. The molecule has 21 heavy (non-hydrogen) atoms. The SMILES string of the molecule is C=CC(=O)OCC(COC(=O)C=C)(C(F)(F)F)C(F)(F)F. The van der Waals surface area contributed by atoms with Crippen molar-refractivity contribution in [2.45, 2.75) is 12.4 Å². The van der Waals surface area contributed by atoms with Crippen molar-refractivity contribution in [2.24, 2.45) is 5.41 Å². The van der Waals surface area contributed by atoms with E-state index in [2.05, 4.69) is 22.6 Å². The maximum Gasteiger partial charge on any atom is 0.409 e.